The lowest BCUT2D eigenvalue weighted by Crippen LogP contribution is -2.44. The van der Waals surface area contributed by atoms with Crippen LogP contribution in [0.15, 0.2) is 24.4 Å². The number of methoxy groups -OCH3 is 1. The lowest BCUT2D eigenvalue weighted by molar-refractivity contribution is -0.00817. The predicted molar refractivity (Wildman–Crippen MR) is 65.8 cm³/mol. The number of rotatable bonds is 3. The lowest BCUT2D eigenvalue weighted by atomic mass is 10.1. The van der Waals surface area contributed by atoms with Crippen molar-refractivity contribution in [3.63, 3.8) is 0 Å². The van der Waals surface area contributed by atoms with Crippen molar-refractivity contribution in [1.82, 2.24) is 10.3 Å². The van der Waals surface area contributed by atoms with E-state index in [2.05, 4.69) is 10.3 Å². The fraction of sp³-hybridized carbons (Fsp3) is 0.538. The molecule has 0 unspecified atom stereocenters. The molecule has 0 spiro atoms. The summed E-state index contributed by atoms with van der Waals surface area (Å²) in [6, 6.07) is 5.08. The minimum atomic E-state index is -0.209. The van der Waals surface area contributed by atoms with E-state index in [-0.39, 0.29) is 30.3 Å². The highest BCUT2D eigenvalue weighted by Gasteiger charge is 2.48. The van der Waals surface area contributed by atoms with Gasteiger partial charge in [-0.25, -0.2) is 0 Å². The number of carbonyl (C=O) groups is 1. The molecule has 2 fully saturated rings. The molecular weight excluding hydrogens is 248 g/mol. The molecule has 0 bridgehead atoms. The monoisotopic (exact) mass is 264 g/mol. The molecule has 0 saturated carbocycles. The van der Waals surface area contributed by atoms with Gasteiger partial charge < -0.3 is 19.5 Å². The first-order valence-corrected chi connectivity index (χ1v) is 6.27. The number of hydrogen-bond donors (Lipinski definition) is 1. The second kappa shape index (κ2) is 5.24. The third kappa shape index (κ3) is 2.34. The molecule has 2 saturated heterocycles. The zero-order chi connectivity index (χ0) is 13.2. The van der Waals surface area contributed by atoms with Crippen LogP contribution in [0.25, 0.3) is 0 Å². The molecule has 0 aliphatic carbocycles. The van der Waals surface area contributed by atoms with Gasteiger partial charge in [0.05, 0.1) is 19.3 Å². The summed E-state index contributed by atoms with van der Waals surface area (Å²) in [7, 11) is 1.64. The molecule has 102 valence electrons. The number of amides is 1. The number of hydrogen-bond acceptors (Lipinski definition) is 5. The molecule has 3 rings (SSSR count). The Hall–Kier alpha value is -1.50. The van der Waals surface area contributed by atoms with Crippen molar-refractivity contribution in [1.29, 1.82) is 0 Å². The zero-order valence-electron chi connectivity index (χ0n) is 10.6. The van der Waals surface area contributed by atoms with Gasteiger partial charge in [-0.2, -0.15) is 0 Å². The number of nitrogens with one attached hydrogen (secondary N) is 1. The van der Waals surface area contributed by atoms with Crippen molar-refractivity contribution < 1.29 is 19.0 Å². The van der Waals surface area contributed by atoms with Crippen LogP contribution >= 0.6 is 0 Å². The van der Waals surface area contributed by atoms with Gasteiger partial charge >= 0.3 is 0 Å². The third-order valence-electron chi connectivity index (χ3n) is 3.52. The molecule has 4 atom stereocenters. The molecular formula is C13H16N2O4. The highest BCUT2D eigenvalue weighted by molar-refractivity contribution is 5.92. The van der Waals surface area contributed by atoms with Crippen LogP contribution in [0, 0.1) is 0 Å². The summed E-state index contributed by atoms with van der Waals surface area (Å²) in [4.78, 5) is 16.0. The lowest BCUT2D eigenvalue weighted by Gasteiger charge is -2.17. The minimum Gasteiger partial charge on any atom is -0.376 e. The van der Waals surface area contributed by atoms with E-state index in [4.69, 9.17) is 14.2 Å². The molecule has 2 aliphatic heterocycles. The van der Waals surface area contributed by atoms with Gasteiger partial charge in [0.1, 0.15) is 24.0 Å². The van der Waals surface area contributed by atoms with Crippen molar-refractivity contribution in [3.05, 3.63) is 30.1 Å². The molecule has 2 aliphatic rings. The quantitative estimate of drug-likeness (QED) is 0.831. The van der Waals surface area contributed by atoms with E-state index in [9.17, 15) is 4.79 Å². The van der Waals surface area contributed by atoms with E-state index in [0.717, 1.165) is 0 Å². The van der Waals surface area contributed by atoms with Gasteiger partial charge in [-0.3, -0.25) is 9.78 Å². The maximum atomic E-state index is 12.0. The topological polar surface area (TPSA) is 69.7 Å². The Labute approximate surface area is 111 Å². The first kappa shape index (κ1) is 12.5. The summed E-state index contributed by atoms with van der Waals surface area (Å²) in [5.74, 6) is -0.209. The molecule has 0 radical (unpaired) electrons. The van der Waals surface area contributed by atoms with Crippen LogP contribution < -0.4 is 5.32 Å². The maximum absolute atomic E-state index is 12.0. The Kier molecular flexibility index (Phi) is 3.46. The Balaban J connectivity index is 1.64. The van der Waals surface area contributed by atoms with Crippen LogP contribution in [0.5, 0.6) is 0 Å². The van der Waals surface area contributed by atoms with Crippen molar-refractivity contribution in [2.24, 2.45) is 0 Å². The van der Waals surface area contributed by atoms with E-state index in [1.165, 1.54) is 0 Å². The molecule has 6 heteroatoms. The predicted octanol–water partition coefficient (Wildman–Crippen LogP) is -0.00740. The molecule has 1 aromatic rings. The summed E-state index contributed by atoms with van der Waals surface area (Å²) >= 11 is 0. The van der Waals surface area contributed by atoms with Crippen molar-refractivity contribution in [2.45, 2.75) is 24.4 Å². The van der Waals surface area contributed by atoms with E-state index >= 15 is 0 Å². The molecule has 1 aromatic heterocycles. The Bertz CT molecular complexity index is 453. The summed E-state index contributed by atoms with van der Waals surface area (Å²) in [6.45, 7) is 0.940. The Morgan fingerprint density at radius 1 is 1.37 bits per heavy atom. The number of fused-ring (bicyclic) bond motifs is 1. The molecule has 19 heavy (non-hydrogen) atoms. The van der Waals surface area contributed by atoms with E-state index < -0.39 is 0 Å². The van der Waals surface area contributed by atoms with Gasteiger partial charge in [0.15, 0.2) is 0 Å². The first-order chi connectivity index (χ1) is 9.29. The standard InChI is InChI=1S/C13H16N2O4/c1-17-10-7-19-11-9(6-18-12(10)11)15-13(16)8-4-2-3-5-14-8/h2-5,9-12H,6-7H2,1H3,(H,15,16)/t9-,10-,11-,12+/m0/s1. The number of nitrogens with zero attached hydrogens (tertiary/aromatic N) is 1. The maximum Gasteiger partial charge on any atom is 0.270 e. The van der Waals surface area contributed by atoms with Gasteiger partial charge in [-0.15, -0.1) is 0 Å². The molecule has 0 aromatic carbocycles. The summed E-state index contributed by atoms with van der Waals surface area (Å²) in [5, 5.41) is 2.90. The Morgan fingerprint density at radius 3 is 2.95 bits per heavy atom. The van der Waals surface area contributed by atoms with Crippen LogP contribution in [0.2, 0.25) is 0 Å². The van der Waals surface area contributed by atoms with Gasteiger partial charge in [-0.05, 0) is 12.1 Å². The molecule has 1 amide bonds. The van der Waals surface area contributed by atoms with Gasteiger partial charge in [0.25, 0.3) is 5.91 Å². The summed E-state index contributed by atoms with van der Waals surface area (Å²) in [5.41, 5.74) is 0.396. The SMILES string of the molecule is CO[C@H]1CO[C@@H]2[C@@H]1OC[C@@H]2NC(=O)c1ccccn1. The second-order valence-corrected chi connectivity index (χ2v) is 4.66. The highest BCUT2D eigenvalue weighted by Crippen LogP contribution is 2.28. The number of aromatic nitrogens is 1. The summed E-state index contributed by atoms with van der Waals surface area (Å²) < 4.78 is 16.6. The number of ether oxygens (including phenoxy) is 3. The number of carbonyl (C=O) groups excluding carboxylic acids is 1. The zero-order valence-corrected chi connectivity index (χ0v) is 10.6. The number of pyridine rings is 1. The van der Waals surface area contributed by atoms with Crippen LogP contribution in [0.1, 0.15) is 10.5 Å². The largest absolute Gasteiger partial charge is 0.376 e. The van der Waals surface area contributed by atoms with Crippen LogP contribution in [-0.2, 0) is 14.2 Å². The average molecular weight is 264 g/mol. The van der Waals surface area contributed by atoms with Gasteiger partial charge in [0.2, 0.25) is 0 Å². The van der Waals surface area contributed by atoms with E-state index in [1.54, 1.807) is 31.5 Å². The van der Waals surface area contributed by atoms with Crippen LogP contribution in [-0.4, -0.2) is 55.6 Å². The van der Waals surface area contributed by atoms with Crippen molar-refractivity contribution in [3.8, 4) is 0 Å². The normalized spacial score (nSPS) is 33.1. The van der Waals surface area contributed by atoms with Gasteiger partial charge in [0, 0.05) is 13.3 Å². The Morgan fingerprint density at radius 2 is 2.21 bits per heavy atom. The highest BCUT2D eigenvalue weighted by atomic mass is 16.6. The average Bonchev–Trinajstić information content (AvgIpc) is 3.02. The minimum absolute atomic E-state index is 0.0539. The fourth-order valence-corrected chi connectivity index (χ4v) is 2.53. The summed E-state index contributed by atoms with van der Waals surface area (Å²) in [6.07, 6.45) is 1.30. The molecule has 6 nitrogen and oxygen atoms in total. The molecule has 3 heterocycles. The second-order valence-electron chi connectivity index (χ2n) is 4.66. The first-order valence-electron chi connectivity index (χ1n) is 6.27. The van der Waals surface area contributed by atoms with Crippen LogP contribution in [0.3, 0.4) is 0 Å². The molecule has 1 N–H and O–H groups in total. The fourth-order valence-electron chi connectivity index (χ4n) is 2.53. The smallest absolute Gasteiger partial charge is 0.270 e. The van der Waals surface area contributed by atoms with E-state index in [0.29, 0.717) is 18.9 Å². The van der Waals surface area contributed by atoms with Crippen molar-refractivity contribution in [2.75, 3.05) is 20.3 Å². The van der Waals surface area contributed by atoms with Crippen molar-refractivity contribution >= 4 is 5.91 Å². The third-order valence-corrected chi connectivity index (χ3v) is 3.52. The van der Waals surface area contributed by atoms with Crippen LogP contribution in [0.4, 0.5) is 0 Å². The van der Waals surface area contributed by atoms with Gasteiger partial charge in [-0.1, -0.05) is 6.07 Å². The van der Waals surface area contributed by atoms with E-state index in [1.807, 2.05) is 0 Å².